The molecule has 0 atom stereocenters. The van der Waals surface area contributed by atoms with Crippen LogP contribution in [0.4, 0.5) is 5.69 Å². The van der Waals surface area contributed by atoms with Crippen LogP contribution in [0.2, 0.25) is 10.0 Å². The zero-order chi connectivity index (χ0) is 22.8. The molecule has 0 spiro atoms. The van der Waals surface area contributed by atoms with E-state index in [1.165, 1.54) is 5.56 Å². The van der Waals surface area contributed by atoms with E-state index in [0.717, 1.165) is 43.8 Å². The Morgan fingerprint density at radius 1 is 1.06 bits per heavy atom. The van der Waals surface area contributed by atoms with Gasteiger partial charge in [0, 0.05) is 37.7 Å². The van der Waals surface area contributed by atoms with E-state index in [0.29, 0.717) is 27.7 Å². The molecule has 2 heterocycles. The highest BCUT2D eigenvalue weighted by molar-refractivity contribution is 6.37. The third-order valence-electron chi connectivity index (χ3n) is 5.65. The molecule has 1 aliphatic heterocycles. The van der Waals surface area contributed by atoms with Gasteiger partial charge in [0.2, 0.25) is 5.89 Å². The predicted octanol–water partition coefficient (Wildman–Crippen LogP) is 5.46. The van der Waals surface area contributed by atoms with Gasteiger partial charge in [-0.15, -0.1) is 0 Å². The summed E-state index contributed by atoms with van der Waals surface area (Å²) in [4.78, 5) is 19.9. The largest absolute Gasteiger partial charge is 0.436 e. The number of anilines is 1. The molecule has 4 aromatic rings. The van der Waals surface area contributed by atoms with Gasteiger partial charge in [-0.3, -0.25) is 9.69 Å². The molecule has 1 fully saturated rings. The number of fused-ring (bicyclic) bond motifs is 1. The van der Waals surface area contributed by atoms with Gasteiger partial charge >= 0.3 is 0 Å². The van der Waals surface area contributed by atoms with Crippen LogP contribution in [0.3, 0.4) is 0 Å². The fraction of sp³-hybridized carbons (Fsp3) is 0.200. The second-order valence-corrected chi connectivity index (χ2v) is 8.81. The van der Waals surface area contributed by atoms with Crippen LogP contribution in [0.5, 0.6) is 0 Å². The normalized spacial score (nSPS) is 14.5. The molecule has 0 saturated carbocycles. The number of amides is 1. The fourth-order valence-corrected chi connectivity index (χ4v) is 4.45. The first-order chi connectivity index (χ1) is 16.1. The van der Waals surface area contributed by atoms with Crippen molar-refractivity contribution in [1.29, 1.82) is 0 Å². The third-order valence-corrected chi connectivity index (χ3v) is 6.20. The Morgan fingerprint density at radius 2 is 1.88 bits per heavy atom. The quantitative estimate of drug-likeness (QED) is 0.396. The maximum Gasteiger partial charge on any atom is 0.257 e. The summed E-state index contributed by atoms with van der Waals surface area (Å²) in [5.74, 6) is 0.112. The van der Waals surface area contributed by atoms with Gasteiger partial charge in [-0.2, -0.15) is 0 Å². The van der Waals surface area contributed by atoms with Crippen LogP contribution in [-0.2, 0) is 6.54 Å². The first kappa shape index (κ1) is 21.9. The molecule has 6 nitrogen and oxygen atoms in total. The second kappa shape index (κ2) is 9.53. The van der Waals surface area contributed by atoms with Crippen molar-refractivity contribution >= 4 is 45.9 Å². The van der Waals surface area contributed by atoms with Crippen LogP contribution in [0.1, 0.15) is 15.9 Å². The number of halogens is 2. The van der Waals surface area contributed by atoms with Crippen LogP contribution < -0.4 is 10.6 Å². The van der Waals surface area contributed by atoms with Crippen molar-refractivity contribution < 1.29 is 9.21 Å². The maximum absolute atomic E-state index is 12.8. The predicted molar refractivity (Wildman–Crippen MR) is 132 cm³/mol. The Bertz CT molecular complexity index is 1320. The van der Waals surface area contributed by atoms with Crippen LogP contribution in [0.25, 0.3) is 22.6 Å². The number of nitrogens with zero attached hydrogens (tertiary/aromatic N) is 2. The number of hydrogen-bond acceptors (Lipinski definition) is 5. The van der Waals surface area contributed by atoms with E-state index in [9.17, 15) is 4.79 Å². The summed E-state index contributed by atoms with van der Waals surface area (Å²) in [5.41, 5.74) is 4.30. The summed E-state index contributed by atoms with van der Waals surface area (Å²) < 4.78 is 6.11. The Balaban J connectivity index is 1.41. The summed E-state index contributed by atoms with van der Waals surface area (Å²) >= 11 is 12.2. The summed E-state index contributed by atoms with van der Waals surface area (Å²) in [6, 6.07) is 18.3. The molecule has 3 aromatic carbocycles. The molecule has 0 unspecified atom stereocenters. The highest BCUT2D eigenvalue weighted by Gasteiger charge is 2.17. The fourth-order valence-electron chi connectivity index (χ4n) is 3.95. The Morgan fingerprint density at radius 3 is 2.70 bits per heavy atom. The van der Waals surface area contributed by atoms with E-state index in [4.69, 9.17) is 27.6 Å². The first-order valence-electron chi connectivity index (χ1n) is 10.8. The van der Waals surface area contributed by atoms with Gasteiger partial charge in [-0.05, 0) is 48.0 Å². The molecule has 0 radical (unpaired) electrons. The molecule has 8 heteroatoms. The lowest BCUT2D eigenvalue weighted by Crippen LogP contribution is -2.42. The Labute approximate surface area is 201 Å². The topological polar surface area (TPSA) is 70.4 Å². The van der Waals surface area contributed by atoms with Crippen molar-refractivity contribution in [3.8, 4) is 11.5 Å². The third kappa shape index (κ3) is 4.89. The zero-order valence-corrected chi connectivity index (χ0v) is 19.3. The number of carbonyl (C=O) groups is 1. The van der Waals surface area contributed by atoms with Gasteiger partial charge < -0.3 is 15.1 Å². The number of oxazole rings is 1. The summed E-state index contributed by atoms with van der Waals surface area (Å²) in [7, 11) is 0. The van der Waals surface area contributed by atoms with Crippen LogP contribution in [-0.4, -0.2) is 42.0 Å². The number of piperazine rings is 1. The number of benzene rings is 3. The smallest absolute Gasteiger partial charge is 0.257 e. The van der Waals surface area contributed by atoms with Gasteiger partial charge in [0.1, 0.15) is 5.52 Å². The number of aromatic nitrogens is 1. The minimum Gasteiger partial charge on any atom is -0.436 e. The molecule has 5 rings (SSSR count). The van der Waals surface area contributed by atoms with Gasteiger partial charge in [0.25, 0.3) is 5.91 Å². The van der Waals surface area contributed by atoms with Gasteiger partial charge in [-0.25, -0.2) is 4.98 Å². The summed E-state index contributed by atoms with van der Waals surface area (Å²) in [6.07, 6.45) is 0. The molecule has 1 saturated heterocycles. The standard InChI is InChI=1S/C25H22Cl2N4O2/c26-17-6-7-18(20(27)14-17)24(32)29-21-4-2-1-3-19(21)25-30-22-8-5-16(13-23(22)33-25)15-31-11-9-28-10-12-31/h1-8,13-14,28H,9-12,15H2,(H,29,32). The molecule has 1 aliphatic rings. The van der Waals surface area contributed by atoms with Crippen molar-refractivity contribution in [3.63, 3.8) is 0 Å². The highest BCUT2D eigenvalue weighted by atomic mass is 35.5. The molecule has 1 amide bonds. The van der Waals surface area contributed by atoms with E-state index < -0.39 is 0 Å². The van der Waals surface area contributed by atoms with E-state index in [1.54, 1.807) is 18.2 Å². The van der Waals surface area contributed by atoms with Crippen molar-refractivity contribution in [1.82, 2.24) is 15.2 Å². The Kier molecular flexibility index (Phi) is 6.33. The van der Waals surface area contributed by atoms with Crippen LogP contribution in [0.15, 0.2) is 65.1 Å². The van der Waals surface area contributed by atoms with Gasteiger partial charge in [0.05, 0.1) is 21.8 Å². The Hall–Kier alpha value is -2.90. The maximum atomic E-state index is 12.8. The zero-order valence-electron chi connectivity index (χ0n) is 17.8. The molecule has 0 bridgehead atoms. The summed E-state index contributed by atoms with van der Waals surface area (Å²) in [6.45, 7) is 4.97. The average molecular weight is 481 g/mol. The lowest BCUT2D eigenvalue weighted by molar-refractivity contribution is 0.102. The molecule has 33 heavy (non-hydrogen) atoms. The van der Waals surface area contributed by atoms with E-state index in [2.05, 4.69) is 26.6 Å². The minimum atomic E-state index is -0.335. The number of carbonyl (C=O) groups excluding carboxylic acids is 1. The van der Waals surface area contributed by atoms with E-state index in [1.807, 2.05) is 36.4 Å². The van der Waals surface area contributed by atoms with Crippen molar-refractivity contribution in [3.05, 3.63) is 81.8 Å². The van der Waals surface area contributed by atoms with Gasteiger partial charge in [-0.1, -0.05) is 41.4 Å². The summed E-state index contributed by atoms with van der Waals surface area (Å²) in [5, 5.41) is 7.05. The lowest BCUT2D eigenvalue weighted by atomic mass is 10.1. The number of para-hydroxylation sites is 1. The lowest BCUT2D eigenvalue weighted by Gasteiger charge is -2.27. The SMILES string of the molecule is O=C(Nc1ccccc1-c1nc2ccc(CN3CCNCC3)cc2o1)c1ccc(Cl)cc1Cl. The van der Waals surface area contributed by atoms with Crippen LogP contribution >= 0.6 is 23.2 Å². The minimum absolute atomic E-state index is 0.288. The average Bonchev–Trinajstić information content (AvgIpc) is 3.23. The molecule has 0 aliphatic carbocycles. The number of hydrogen-bond donors (Lipinski definition) is 2. The molecular formula is C25H22Cl2N4O2. The molecule has 2 N–H and O–H groups in total. The monoisotopic (exact) mass is 480 g/mol. The van der Waals surface area contributed by atoms with Crippen molar-refractivity contribution in [2.24, 2.45) is 0 Å². The highest BCUT2D eigenvalue weighted by Crippen LogP contribution is 2.31. The second-order valence-electron chi connectivity index (χ2n) is 7.97. The molecule has 1 aromatic heterocycles. The van der Waals surface area contributed by atoms with Crippen LogP contribution in [0, 0.1) is 0 Å². The van der Waals surface area contributed by atoms with E-state index >= 15 is 0 Å². The van der Waals surface area contributed by atoms with Crippen molar-refractivity contribution in [2.75, 3.05) is 31.5 Å². The van der Waals surface area contributed by atoms with Gasteiger partial charge in [0.15, 0.2) is 5.58 Å². The first-order valence-corrected chi connectivity index (χ1v) is 11.5. The number of nitrogens with one attached hydrogen (secondary N) is 2. The molecular weight excluding hydrogens is 459 g/mol. The van der Waals surface area contributed by atoms with E-state index in [-0.39, 0.29) is 10.9 Å². The molecule has 168 valence electrons. The van der Waals surface area contributed by atoms with Crippen molar-refractivity contribution in [2.45, 2.75) is 6.54 Å². The number of rotatable bonds is 5.